The number of ether oxygens (including phenoxy) is 2. The van der Waals surface area contributed by atoms with E-state index in [-0.39, 0.29) is 12.3 Å². The summed E-state index contributed by atoms with van der Waals surface area (Å²) >= 11 is 1.48. The van der Waals surface area contributed by atoms with E-state index in [1.165, 1.54) is 11.3 Å². The number of furan rings is 1. The molecule has 0 unspecified atom stereocenters. The van der Waals surface area contributed by atoms with E-state index in [4.69, 9.17) is 13.9 Å². The minimum Gasteiger partial charge on any atom is -0.459 e. The lowest BCUT2D eigenvalue weighted by Crippen LogP contribution is -2.37. The Labute approximate surface area is 140 Å². The molecule has 0 radical (unpaired) electrons. The summed E-state index contributed by atoms with van der Waals surface area (Å²) in [6, 6.07) is 3.79. The highest BCUT2D eigenvalue weighted by molar-refractivity contribution is 7.13. The molecule has 0 aromatic carbocycles. The molecule has 0 fully saturated rings. The zero-order valence-corrected chi connectivity index (χ0v) is 14.5. The summed E-state index contributed by atoms with van der Waals surface area (Å²) in [5.41, 5.74) is 0.754. The van der Waals surface area contributed by atoms with Crippen molar-refractivity contribution in [2.75, 3.05) is 40.5 Å². The molecule has 0 atom stereocenters. The average molecular weight is 338 g/mol. The predicted octanol–water partition coefficient (Wildman–Crippen LogP) is 2.38. The Morgan fingerprint density at radius 3 is 2.52 bits per heavy atom. The molecule has 0 spiro atoms. The van der Waals surface area contributed by atoms with Crippen molar-refractivity contribution >= 4 is 17.2 Å². The van der Waals surface area contributed by atoms with Gasteiger partial charge in [0.15, 0.2) is 10.8 Å². The molecule has 23 heavy (non-hydrogen) atoms. The smallest absolute Gasteiger partial charge is 0.228 e. The molecule has 2 heterocycles. The summed E-state index contributed by atoms with van der Waals surface area (Å²) in [6.45, 7) is 4.00. The van der Waals surface area contributed by atoms with Gasteiger partial charge in [-0.1, -0.05) is 0 Å². The highest BCUT2D eigenvalue weighted by Crippen LogP contribution is 2.25. The highest BCUT2D eigenvalue weighted by Gasteiger charge is 2.16. The maximum Gasteiger partial charge on any atom is 0.228 e. The standard InChI is InChI=1S/C16H22N2O4S/c1-12-4-5-14(22-12)16-17-13(11-23-16)10-15(19)18(6-8-20-2)7-9-21-3/h4-5,11H,6-10H2,1-3H3. The first kappa shape index (κ1) is 17.7. The molecule has 0 aliphatic rings. The molecule has 2 aromatic heterocycles. The van der Waals surface area contributed by atoms with Crippen LogP contribution in [-0.4, -0.2) is 56.3 Å². The number of aromatic nitrogens is 1. The van der Waals surface area contributed by atoms with Crippen molar-refractivity contribution < 1.29 is 18.7 Å². The van der Waals surface area contributed by atoms with Gasteiger partial charge in [-0.05, 0) is 19.1 Å². The van der Waals surface area contributed by atoms with Gasteiger partial charge in [-0.3, -0.25) is 4.79 Å². The molecular weight excluding hydrogens is 316 g/mol. The second-order valence-electron chi connectivity index (χ2n) is 5.10. The van der Waals surface area contributed by atoms with Gasteiger partial charge in [-0.2, -0.15) is 0 Å². The fraction of sp³-hybridized carbons (Fsp3) is 0.500. The molecule has 0 aliphatic heterocycles. The van der Waals surface area contributed by atoms with Gasteiger partial charge in [-0.25, -0.2) is 4.98 Å². The van der Waals surface area contributed by atoms with E-state index in [0.29, 0.717) is 26.3 Å². The van der Waals surface area contributed by atoms with E-state index in [0.717, 1.165) is 22.2 Å². The van der Waals surface area contributed by atoms with Crippen molar-refractivity contribution in [2.45, 2.75) is 13.3 Å². The number of thiazole rings is 1. The van der Waals surface area contributed by atoms with Crippen molar-refractivity contribution in [2.24, 2.45) is 0 Å². The first-order valence-corrected chi connectivity index (χ1v) is 8.29. The van der Waals surface area contributed by atoms with Crippen molar-refractivity contribution in [3.8, 4) is 10.8 Å². The van der Waals surface area contributed by atoms with Crippen molar-refractivity contribution in [1.29, 1.82) is 0 Å². The molecule has 6 nitrogen and oxygen atoms in total. The topological polar surface area (TPSA) is 64.8 Å². The maximum absolute atomic E-state index is 12.4. The molecule has 0 bridgehead atoms. The van der Waals surface area contributed by atoms with Crippen LogP contribution in [0.3, 0.4) is 0 Å². The van der Waals surface area contributed by atoms with E-state index in [1.54, 1.807) is 19.1 Å². The van der Waals surface area contributed by atoms with E-state index in [1.807, 2.05) is 24.4 Å². The third-order valence-corrected chi connectivity index (χ3v) is 4.22. The summed E-state index contributed by atoms with van der Waals surface area (Å²) < 4.78 is 15.7. The maximum atomic E-state index is 12.4. The Bertz CT molecular complexity index is 615. The lowest BCUT2D eigenvalue weighted by atomic mass is 10.3. The predicted molar refractivity (Wildman–Crippen MR) is 88.6 cm³/mol. The molecule has 126 valence electrons. The summed E-state index contributed by atoms with van der Waals surface area (Å²) in [5, 5.41) is 2.69. The van der Waals surface area contributed by atoms with Gasteiger partial charge in [0.25, 0.3) is 0 Å². The number of hydrogen-bond acceptors (Lipinski definition) is 6. The normalized spacial score (nSPS) is 10.9. The largest absolute Gasteiger partial charge is 0.459 e. The molecule has 7 heteroatoms. The Morgan fingerprint density at radius 1 is 1.26 bits per heavy atom. The summed E-state index contributed by atoms with van der Waals surface area (Å²) in [5.74, 6) is 1.60. The minimum atomic E-state index is 0.0200. The third-order valence-electron chi connectivity index (χ3n) is 3.32. The number of amides is 1. The van der Waals surface area contributed by atoms with Crippen LogP contribution in [0, 0.1) is 6.92 Å². The van der Waals surface area contributed by atoms with Crippen LogP contribution in [0.15, 0.2) is 21.9 Å². The van der Waals surface area contributed by atoms with E-state index in [9.17, 15) is 4.79 Å². The van der Waals surface area contributed by atoms with E-state index in [2.05, 4.69) is 4.98 Å². The Balaban J connectivity index is 1.98. The number of carbonyl (C=O) groups excluding carboxylic acids is 1. The van der Waals surface area contributed by atoms with Gasteiger partial charge in [0, 0.05) is 32.7 Å². The van der Waals surface area contributed by atoms with Gasteiger partial charge < -0.3 is 18.8 Å². The second-order valence-corrected chi connectivity index (χ2v) is 5.96. The number of nitrogens with zero attached hydrogens (tertiary/aromatic N) is 2. The van der Waals surface area contributed by atoms with Crippen LogP contribution in [0.25, 0.3) is 10.8 Å². The molecule has 0 saturated heterocycles. The van der Waals surface area contributed by atoms with Crippen molar-refractivity contribution in [3.63, 3.8) is 0 Å². The molecule has 0 N–H and O–H groups in total. The van der Waals surface area contributed by atoms with Crippen LogP contribution in [0.5, 0.6) is 0 Å². The molecule has 2 aromatic rings. The summed E-state index contributed by atoms with van der Waals surface area (Å²) in [4.78, 5) is 18.7. The number of methoxy groups -OCH3 is 2. The number of rotatable bonds is 9. The number of carbonyl (C=O) groups is 1. The lowest BCUT2D eigenvalue weighted by molar-refractivity contribution is -0.131. The second kappa shape index (κ2) is 8.81. The molecule has 0 saturated carbocycles. The van der Waals surface area contributed by atoms with Crippen molar-refractivity contribution in [3.05, 3.63) is 29.0 Å². The van der Waals surface area contributed by atoms with E-state index >= 15 is 0 Å². The SMILES string of the molecule is COCCN(CCOC)C(=O)Cc1csc(-c2ccc(C)o2)n1. The van der Waals surface area contributed by atoms with Crippen LogP contribution in [-0.2, 0) is 20.7 Å². The summed E-state index contributed by atoms with van der Waals surface area (Å²) in [7, 11) is 3.24. The van der Waals surface area contributed by atoms with Crippen molar-refractivity contribution in [1.82, 2.24) is 9.88 Å². The Morgan fingerprint density at radius 2 is 1.96 bits per heavy atom. The van der Waals surface area contributed by atoms with Gasteiger partial charge in [0.05, 0.1) is 25.3 Å². The zero-order valence-electron chi connectivity index (χ0n) is 13.7. The molecule has 1 amide bonds. The van der Waals surface area contributed by atoms with E-state index < -0.39 is 0 Å². The zero-order chi connectivity index (χ0) is 16.7. The summed E-state index contributed by atoms with van der Waals surface area (Å²) in [6.07, 6.45) is 0.267. The first-order chi connectivity index (χ1) is 11.1. The van der Waals surface area contributed by atoms with Crippen LogP contribution >= 0.6 is 11.3 Å². The van der Waals surface area contributed by atoms with Crippen LogP contribution in [0.4, 0.5) is 0 Å². The minimum absolute atomic E-state index is 0.0200. The van der Waals surface area contributed by atoms with Crippen LogP contribution in [0.1, 0.15) is 11.5 Å². The third kappa shape index (κ3) is 5.16. The van der Waals surface area contributed by atoms with Gasteiger partial charge >= 0.3 is 0 Å². The molecular formula is C16H22N2O4S. The van der Waals surface area contributed by atoms with Gasteiger partial charge in [0.1, 0.15) is 5.76 Å². The fourth-order valence-electron chi connectivity index (χ4n) is 2.08. The lowest BCUT2D eigenvalue weighted by Gasteiger charge is -2.21. The monoisotopic (exact) mass is 338 g/mol. The van der Waals surface area contributed by atoms with Crippen LogP contribution in [0.2, 0.25) is 0 Å². The number of hydrogen-bond donors (Lipinski definition) is 0. The van der Waals surface area contributed by atoms with Crippen LogP contribution < -0.4 is 0 Å². The van der Waals surface area contributed by atoms with Gasteiger partial charge in [-0.15, -0.1) is 11.3 Å². The molecule has 0 aliphatic carbocycles. The molecule has 2 rings (SSSR count). The first-order valence-electron chi connectivity index (χ1n) is 7.41. The Hall–Kier alpha value is -1.70. The highest BCUT2D eigenvalue weighted by atomic mass is 32.1. The van der Waals surface area contributed by atoms with Gasteiger partial charge in [0.2, 0.25) is 5.91 Å². The number of aryl methyl sites for hydroxylation is 1. The Kier molecular flexibility index (Phi) is 6.76. The fourth-order valence-corrected chi connectivity index (χ4v) is 2.86. The quantitative estimate of drug-likeness (QED) is 0.702. The average Bonchev–Trinajstić information content (AvgIpc) is 3.16.